The van der Waals surface area contributed by atoms with Crippen molar-refractivity contribution < 1.29 is 4.52 Å². The topological polar surface area (TPSA) is 59.5 Å². The summed E-state index contributed by atoms with van der Waals surface area (Å²) in [6.07, 6.45) is 8.50. The van der Waals surface area contributed by atoms with Crippen LogP contribution in [0.15, 0.2) is 28.8 Å². The summed E-state index contributed by atoms with van der Waals surface area (Å²) in [5, 5.41) is 14.8. The predicted molar refractivity (Wildman–Crippen MR) is 143 cm³/mol. The van der Waals surface area contributed by atoms with Gasteiger partial charge in [-0.05, 0) is 102 Å². The van der Waals surface area contributed by atoms with Crippen LogP contribution in [0.4, 0.5) is 5.69 Å². The van der Waals surface area contributed by atoms with E-state index in [1.54, 1.807) is 11.3 Å². The Bertz CT molecular complexity index is 1160. The van der Waals surface area contributed by atoms with Gasteiger partial charge < -0.3 is 14.3 Å². The third-order valence-electron chi connectivity index (χ3n) is 7.61. The van der Waals surface area contributed by atoms with Crippen molar-refractivity contribution in [2.45, 2.75) is 58.0 Å². The lowest BCUT2D eigenvalue weighted by molar-refractivity contribution is 0.173. The Kier molecular flexibility index (Phi) is 7.72. The van der Waals surface area contributed by atoms with E-state index in [-0.39, 0.29) is 0 Å². The van der Waals surface area contributed by atoms with Gasteiger partial charge in [0.15, 0.2) is 5.58 Å². The number of piperidine rings is 2. The zero-order valence-electron chi connectivity index (χ0n) is 21.1. The van der Waals surface area contributed by atoms with Crippen LogP contribution in [0.5, 0.6) is 0 Å². The first kappa shape index (κ1) is 24.3. The standard InChI is InChI=1S/C28H37N5OS/c1-31(2)20-25-27(33-14-4-3-5-15-33)11-9-24-26(30-34-28(24)25)10-6-21-12-16-32(17-13-21)19-23-8-7-22(18-29)35-23/h7-9,11,21H,3-6,10,12-17,19-20H2,1-2H3. The number of rotatable bonds is 8. The first-order valence-corrected chi connectivity index (χ1v) is 13.9. The van der Waals surface area contributed by atoms with Gasteiger partial charge in [-0.15, -0.1) is 11.3 Å². The van der Waals surface area contributed by atoms with Crippen molar-refractivity contribution in [3.63, 3.8) is 0 Å². The van der Waals surface area contributed by atoms with Crippen LogP contribution in [0, 0.1) is 17.2 Å². The lowest BCUT2D eigenvalue weighted by atomic mass is 9.91. The number of anilines is 1. The van der Waals surface area contributed by atoms with Crippen LogP contribution in [0.3, 0.4) is 0 Å². The zero-order valence-corrected chi connectivity index (χ0v) is 21.9. The summed E-state index contributed by atoms with van der Waals surface area (Å²) in [5.74, 6) is 0.741. The van der Waals surface area contributed by atoms with Gasteiger partial charge in [-0.25, -0.2) is 0 Å². The lowest BCUT2D eigenvalue weighted by Gasteiger charge is -2.31. The van der Waals surface area contributed by atoms with Gasteiger partial charge in [0.2, 0.25) is 0 Å². The van der Waals surface area contributed by atoms with E-state index in [0.29, 0.717) is 0 Å². The van der Waals surface area contributed by atoms with Crippen LogP contribution in [0.1, 0.15) is 59.5 Å². The van der Waals surface area contributed by atoms with Gasteiger partial charge in [0.25, 0.3) is 0 Å². The highest BCUT2D eigenvalue weighted by Crippen LogP contribution is 2.34. The Morgan fingerprint density at radius 3 is 2.60 bits per heavy atom. The van der Waals surface area contributed by atoms with Crippen LogP contribution >= 0.6 is 11.3 Å². The molecule has 0 saturated carbocycles. The molecule has 5 rings (SSSR count). The fourth-order valence-corrected chi connectivity index (χ4v) is 6.54. The second-order valence-electron chi connectivity index (χ2n) is 10.5. The summed E-state index contributed by atoms with van der Waals surface area (Å²) in [6.45, 7) is 6.39. The summed E-state index contributed by atoms with van der Waals surface area (Å²) in [7, 11) is 4.26. The van der Waals surface area contributed by atoms with Crippen LogP contribution < -0.4 is 4.90 Å². The number of fused-ring (bicyclic) bond motifs is 1. The molecule has 2 fully saturated rings. The molecule has 7 heteroatoms. The third kappa shape index (κ3) is 5.72. The molecule has 2 aromatic heterocycles. The van der Waals surface area contributed by atoms with Crippen LogP contribution in [-0.2, 0) is 19.5 Å². The number of nitrogens with zero attached hydrogens (tertiary/aromatic N) is 5. The molecule has 0 unspecified atom stereocenters. The Labute approximate surface area is 213 Å². The highest BCUT2D eigenvalue weighted by atomic mass is 32.1. The van der Waals surface area contributed by atoms with Gasteiger partial charge in [0.1, 0.15) is 10.9 Å². The largest absolute Gasteiger partial charge is 0.371 e. The normalized spacial score (nSPS) is 17.9. The maximum atomic E-state index is 9.05. The lowest BCUT2D eigenvalue weighted by Crippen LogP contribution is -2.33. The summed E-state index contributed by atoms with van der Waals surface area (Å²) >= 11 is 1.62. The molecular formula is C28H37N5OS. The molecule has 0 spiro atoms. The van der Waals surface area contributed by atoms with E-state index in [2.05, 4.69) is 58.2 Å². The van der Waals surface area contributed by atoms with Crippen molar-refractivity contribution in [3.05, 3.63) is 45.3 Å². The SMILES string of the molecule is CN(C)Cc1c(N2CCCCC2)ccc2c(CCC3CCN(Cc4ccc(C#N)s4)CC3)noc12. The van der Waals surface area contributed by atoms with Gasteiger partial charge in [-0.1, -0.05) is 5.16 Å². The second kappa shape index (κ2) is 11.1. The van der Waals surface area contributed by atoms with Crippen molar-refractivity contribution in [1.82, 2.24) is 15.0 Å². The van der Waals surface area contributed by atoms with Crippen LogP contribution in [-0.4, -0.2) is 55.2 Å². The summed E-state index contributed by atoms with van der Waals surface area (Å²) in [6, 6.07) is 10.9. The van der Waals surface area contributed by atoms with Gasteiger partial charge >= 0.3 is 0 Å². The molecular weight excluding hydrogens is 454 g/mol. The Hall–Kier alpha value is -2.40. The molecule has 0 radical (unpaired) electrons. The number of benzene rings is 1. The highest BCUT2D eigenvalue weighted by molar-refractivity contribution is 7.12. The van der Waals surface area contributed by atoms with Gasteiger partial charge in [0.05, 0.1) is 5.69 Å². The number of thiophene rings is 1. The van der Waals surface area contributed by atoms with Crippen LogP contribution in [0.25, 0.3) is 11.0 Å². The molecule has 0 N–H and O–H groups in total. The highest BCUT2D eigenvalue weighted by Gasteiger charge is 2.23. The monoisotopic (exact) mass is 491 g/mol. The Morgan fingerprint density at radius 2 is 1.89 bits per heavy atom. The molecule has 4 heterocycles. The molecule has 35 heavy (non-hydrogen) atoms. The molecule has 0 amide bonds. The zero-order chi connectivity index (χ0) is 24.2. The summed E-state index contributed by atoms with van der Waals surface area (Å²) in [4.78, 5) is 9.41. The number of hydrogen-bond donors (Lipinski definition) is 0. The Balaban J connectivity index is 1.22. The number of nitriles is 1. The van der Waals surface area contributed by atoms with E-state index >= 15 is 0 Å². The van der Waals surface area contributed by atoms with Crippen molar-refractivity contribution >= 4 is 28.0 Å². The fourth-order valence-electron chi connectivity index (χ4n) is 5.70. The van der Waals surface area contributed by atoms with E-state index in [4.69, 9.17) is 9.78 Å². The average Bonchev–Trinajstić information content (AvgIpc) is 3.51. The fraction of sp³-hybridized carbons (Fsp3) is 0.571. The van der Waals surface area contributed by atoms with E-state index in [0.717, 1.165) is 67.8 Å². The third-order valence-corrected chi connectivity index (χ3v) is 8.59. The van der Waals surface area contributed by atoms with E-state index in [9.17, 15) is 0 Å². The summed E-state index contributed by atoms with van der Waals surface area (Å²) in [5.41, 5.74) is 4.72. The van der Waals surface area contributed by atoms with E-state index in [1.807, 2.05) is 6.07 Å². The summed E-state index contributed by atoms with van der Waals surface area (Å²) < 4.78 is 6.01. The number of aromatic nitrogens is 1. The molecule has 2 aliphatic heterocycles. The molecule has 2 saturated heterocycles. The second-order valence-corrected chi connectivity index (χ2v) is 11.7. The molecule has 2 aliphatic rings. The molecule has 1 aromatic carbocycles. The molecule has 0 atom stereocenters. The molecule has 6 nitrogen and oxygen atoms in total. The Morgan fingerprint density at radius 1 is 1.09 bits per heavy atom. The molecule has 186 valence electrons. The van der Waals surface area contributed by atoms with Crippen molar-refractivity contribution in [2.24, 2.45) is 5.92 Å². The minimum Gasteiger partial charge on any atom is -0.371 e. The number of hydrogen-bond acceptors (Lipinski definition) is 7. The molecule has 0 bridgehead atoms. The molecule has 3 aromatic rings. The number of likely N-dealkylation sites (tertiary alicyclic amines) is 1. The van der Waals surface area contributed by atoms with Gasteiger partial charge in [0, 0.05) is 47.7 Å². The van der Waals surface area contributed by atoms with Crippen LogP contribution in [0.2, 0.25) is 0 Å². The quantitative estimate of drug-likeness (QED) is 0.405. The van der Waals surface area contributed by atoms with Crippen molar-refractivity contribution in [1.29, 1.82) is 5.26 Å². The number of aryl methyl sites for hydroxylation is 1. The minimum absolute atomic E-state index is 0.741. The first-order valence-electron chi connectivity index (χ1n) is 13.1. The first-order chi connectivity index (χ1) is 17.1. The molecule has 0 aliphatic carbocycles. The minimum atomic E-state index is 0.741. The van der Waals surface area contributed by atoms with Gasteiger partial charge in [-0.2, -0.15) is 5.26 Å². The maximum Gasteiger partial charge on any atom is 0.173 e. The maximum absolute atomic E-state index is 9.05. The van der Waals surface area contributed by atoms with Crippen molar-refractivity contribution in [2.75, 3.05) is 45.2 Å². The predicted octanol–water partition coefficient (Wildman–Crippen LogP) is 5.66. The van der Waals surface area contributed by atoms with Gasteiger partial charge in [-0.3, -0.25) is 4.90 Å². The van der Waals surface area contributed by atoms with Crippen molar-refractivity contribution in [3.8, 4) is 6.07 Å². The average molecular weight is 492 g/mol. The van der Waals surface area contributed by atoms with E-state index < -0.39 is 0 Å². The smallest absolute Gasteiger partial charge is 0.173 e. The van der Waals surface area contributed by atoms with E-state index in [1.165, 1.54) is 60.0 Å².